The van der Waals surface area contributed by atoms with E-state index in [2.05, 4.69) is 22.4 Å². The van der Waals surface area contributed by atoms with Crippen molar-refractivity contribution >= 4 is 5.65 Å². The highest BCUT2D eigenvalue weighted by atomic mass is 16.5. The van der Waals surface area contributed by atoms with Gasteiger partial charge in [0.25, 0.3) is 0 Å². The Bertz CT molecular complexity index is 762. The van der Waals surface area contributed by atoms with Crippen LogP contribution in [0.2, 0.25) is 0 Å². The summed E-state index contributed by atoms with van der Waals surface area (Å²) >= 11 is 0. The number of aryl methyl sites for hydroxylation is 1. The van der Waals surface area contributed by atoms with Gasteiger partial charge in [-0.25, -0.2) is 4.98 Å². The monoisotopic (exact) mass is 268 g/mol. The van der Waals surface area contributed by atoms with E-state index in [1.54, 1.807) is 20.4 Å². The minimum atomic E-state index is 0.779. The van der Waals surface area contributed by atoms with Gasteiger partial charge in [-0.2, -0.15) is 0 Å². The molecule has 4 nitrogen and oxygen atoms in total. The third-order valence-electron chi connectivity index (χ3n) is 3.43. The van der Waals surface area contributed by atoms with E-state index in [9.17, 15) is 0 Å². The van der Waals surface area contributed by atoms with Crippen LogP contribution in [0.4, 0.5) is 0 Å². The van der Waals surface area contributed by atoms with Crippen LogP contribution in [0.1, 0.15) is 5.56 Å². The molecular formula is C16H16N2O2. The Kier molecular flexibility index (Phi) is 3.06. The molecule has 0 bridgehead atoms. The van der Waals surface area contributed by atoms with Gasteiger partial charge >= 0.3 is 0 Å². The highest BCUT2D eigenvalue weighted by molar-refractivity contribution is 5.73. The number of ether oxygens (including phenoxy) is 2. The Hall–Kier alpha value is -2.49. The lowest BCUT2D eigenvalue weighted by Gasteiger charge is -2.14. The maximum Gasteiger partial charge on any atom is 0.137 e. The van der Waals surface area contributed by atoms with Gasteiger partial charge in [-0.15, -0.1) is 0 Å². The molecular weight excluding hydrogens is 252 g/mol. The van der Waals surface area contributed by atoms with Crippen molar-refractivity contribution in [3.8, 4) is 22.8 Å². The van der Waals surface area contributed by atoms with Gasteiger partial charge in [-0.3, -0.25) is 4.40 Å². The first-order chi connectivity index (χ1) is 9.74. The van der Waals surface area contributed by atoms with E-state index in [0.29, 0.717) is 0 Å². The average Bonchev–Trinajstić information content (AvgIpc) is 2.95. The van der Waals surface area contributed by atoms with Crippen LogP contribution >= 0.6 is 0 Å². The molecule has 0 N–H and O–H groups in total. The van der Waals surface area contributed by atoms with Crippen LogP contribution < -0.4 is 9.47 Å². The highest BCUT2D eigenvalue weighted by Gasteiger charge is 2.13. The molecule has 0 aliphatic rings. The van der Waals surface area contributed by atoms with Gasteiger partial charge in [0.15, 0.2) is 0 Å². The topological polar surface area (TPSA) is 35.8 Å². The van der Waals surface area contributed by atoms with Crippen molar-refractivity contribution in [1.82, 2.24) is 9.38 Å². The summed E-state index contributed by atoms with van der Waals surface area (Å²) in [5.74, 6) is 1.56. The molecule has 3 rings (SSSR count). The normalized spacial score (nSPS) is 10.8. The molecule has 3 aromatic rings. The second-order valence-corrected chi connectivity index (χ2v) is 4.59. The van der Waals surface area contributed by atoms with E-state index in [1.165, 1.54) is 5.56 Å². The number of imidazole rings is 1. The quantitative estimate of drug-likeness (QED) is 0.731. The van der Waals surface area contributed by atoms with Crippen LogP contribution in [0.25, 0.3) is 16.9 Å². The molecule has 0 fully saturated rings. The maximum absolute atomic E-state index is 5.51. The van der Waals surface area contributed by atoms with Crippen LogP contribution in [0.3, 0.4) is 0 Å². The largest absolute Gasteiger partial charge is 0.497 e. The van der Waals surface area contributed by atoms with E-state index < -0.39 is 0 Å². The Morgan fingerprint density at radius 3 is 2.65 bits per heavy atom. The van der Waals surface area contributed by atoms with Gasteiger partial charge in [0.2, 0.25) is 0 Å². The first-order valence-corrected chi connectivity index (χ1v) is 6.39. The minimum absolute atomic E-state index is 0.779. The zero-order valence-electron chi connectivity index (χ0n) is 11.8. The zero-order chi connectivity index (χ0) is 14.1. The molecule has 0 saturated carbocycles. The second kappa shape index (κ2) is 4.89. The molecule has 2 aromatic heterocycles. The molecule has 2 heterocycles. The Morgan fingerprint density at radius 1 is 1.05 bits per heavy atom. The molecule has 0 aliphatic carbocycles. The summed E-state index contributed by atoms with van der Waals surface area (Å²) in [7, 11) is 3.32. The number of methoxy groups -OCH3 is 2. The lowest BCUT2D eigenvalue weighted by molar-refractivity contribution is 0.395. The van der Waals surface area contributed by atoms with Crippen molar-refractivity contribution in [2.24, 2.45) is 0 Å². The van der Waals surface area contributed by atoms with Gasteiger partial charge in [-0.1, -0.05) is 6.07 Å². The smallest absolute Gasteiger partial charge is 0.137 e. The second-order valence-electron chi connectivity index (χ2n) is 4.59. The zero-order valence-corrected chi connectivity index (χ0v) is 11.8. The summed E-state index contributed by atoms with van der Waals surface area (Å²) < 4.78 is 12.8. The lowest BCUT2D eigenvalue weighted by Crippen LogP contribution is -1.97. The van der Waals surface area contributed by atoms with E-state index >= 15 is 0 Å². The number of rotatable bonds is 3. The maximum atomic E-state index is 5.51. The predicted molar refractivity (Wildman–Crippen MR) is 78.5 cm³/mol. The first kappa shape index (κ1) is 12.5. The van der Waals surface area contributed by atoms with E-state index in [1.807, 2.05) is 30.5 Å². The van der Waals surface area contributed by atoms with Crippen molar-refractivity contribution in [3.63, 3.8) is 0 Å². The standard InChI is InChI=1S/C16H16N2O2/c1-11-4-7-15-17-8-9-18(15)16(11)13-6-5-12(19-2)10-14(13)20-3/h4-10H,1-3H3. The van der Waals surface area contributed by atoms with Gasteiger partial charge in [0.1, 0.15) is 17.1 Å². The molecule has 0 amide bonds. The molecule has 102 valence electrons. The fourth-order valence-electron chi connectivity index (χ4n) is 2.43. The van der Waals surface area contributed by atoms with Crippen molar-refractivity contribution < 1.29 is 9.47 Å². The molecule has 0 aliphatic heterocycles. The van der Waals surface area contributed by atoms with Gasteiger partial charge in [0.05, 0.1) is 19.9 Å². The van der Waals surface area contributed by atoms with Crippen molar-refractivity contribution in [3.05, 3.63) is 48.3 Å². The van der Waals surface area contributed by atoms with Crippen LogP contribution in [0.15, 0.2) is 42.7 Å². The number of nitrogens with zero attached hydrogens (tertiary/aromatic N) is 2. The summed E-state index contributed by atoms with van der Waals surface area (Å²) in [6.07, 6.45) is 3.76. The molecule has 0 spiro atoms. The molecule has 0 saturated heterocycles. The minimum Gasteiger partial charge on any atom is -0.497 e. The summed E-state index contributed by atoms with van der Waals surface area (Å²) in [5.41, 5.74) is 4.19. The fourth-order valence-corrected chi connectivity index (χ4v) is 2.43. The third-order valence-corrected chi connectivity index (χ3v) is 3.43. The van der Waals surface area contributed by atoms with E-state index in [4.69, 9.17) is 9.47 Å². The summed E-state index contributed by atoms with van der Waals surface area (Å²) in [6, 6.07) is 9.92. The van der Waals surface area contributed by atoms with E-state index in [-0.39, 0.29) is 0 Å². The highest BCUT2D eigenvalue weighted by Crippen LogP contribution is 2.35. The van der Waals surface area contributed by atoms with Gasteiger partial charge in [0, 0.05) is 24.0 Å². The van der Waals surface area contributed by atoms with Gasteiger partial charge in [-0.05, 0) is 30.7 Å². The summed E-state index contributed by atoms with van der Waals surface area (Å²) in [6.45, 7) is 2.08. The average molecular weight is 268 g/mol. The number of hydrogen-bond donors (Lipinski definition) is 0. The number of fused-ring (bicyclic) bond motifs is 1. The molecule has 20 heavy (non-hydrogen) atoms. The number of pyridine rings is 1. The summed E-state index contributed by atoms with van der Waals surface area (Å²) in [4.78, 5) is 4.33. The Balaban J connectivity index is 2.30. The number of aromatic nitrogens is 2. The number of hydrogen-bond acceptors (Lipinski definition) is 3. The lowest BCUT2D eigenvalue weighted by atomic mass is 10.0. The predicted octanol–water partition coefficient (Wildman–Crippen LogP) is 3.33. The van der Waals surface area contributed by atoms with Crippen molar-refractivity contribution in [2.75, 3.05) is 14.2 Å². The van der Waals surface area contributed by atoms with Crippen molar-refractivity contribution in [1.29, 1.82) is 0 Å². The number of benzene rings is 1. The fraction of sp³-hybridized carbons (Fsp3) is 0.188. The van der Waals surface area contributed by atoms with Crippen LogP contribution in [-0.4, -0.2) is 23.6 Å². The first-order valence-electron chi connectivity index (χ1n) is 6.39. The van der Waals surface area contributed by atoms with Gasteiger partial charge < -0.3 is 9.47 Å². The SMILES string of the molecule is COc1ccc(-c2c(C)ccc3nccn23)c(OC)c1. The molecule has 0 unspecified atom stereocenters. The molecule has 1 aromatic carbocycles. The molecule has 4 heteroatoms. The van der Waals surface area contributed by atoms with Crippen molar-refractivity contribution in [2.45, 2.75) is 6.92 Å². The molecule has 0 atom stereocenters. The van der Waals surface area contributed by atoms with Crippen LogP contribution in [0.5, 0.6) is 11.5 Å². The van der Waals surface area contributed by atoms with Crippen LogP contribution in [-0.2, 0) is 0 Å². The van der Waals surface area contributed by atoms with E-state index in [0.717, 1.165) is 28.4 Å². The Morgan fingerprint density at radius 2 is 1.90 bits per heavy atom. The third kappa shape index (κ3) is 1.90. The summed E-state index contributed by atoms with van der Waals surface area (Å²) in [5, 5.41) is 0. The Labute approximate surface area is 117 Å². The van der Waals surface area contributed by atoms with Crippen LogP contribution in [0, 0.1) is 6.92 Å². The molecule has 0 radical (unpaired) electrons.